The van der Waals surface area contributed by atoms with E-state index >= 15 is 0 Å². The molecule has 4 heteroatoms. The van der Waals surface area contributed by atoms with Crippen LogP contribution in [0.3, 0.4) is 0 Å². The fraction of sp³-hybridized carbons (Fsp3) is 0.562. The summed E-state index contributed by atoms with van der Waals surface area (Å²) in [5.74, 6) is -0.0973. The van der Waals surface area contributed by atoms with E-state index < -0.39 is 0 Å². The van der Waals surface area contributed by atoms with Crippen molar-refractivity contribution in [1.82, 2.24) is 0 Å². The topological polar surface area (TPSA) is 41.6 Å². The van der Waals surface area contributed by atoms with Crippen molar-refractivity contribution in [3.63, 3.8) is 0 Å². The minimum absolute atomic E-state index is 0.0973. The monoisotopic (exact) mass is 276 g/mol. The standard InChI is InChI=1S/C16H24N2O2/c1-2-20-13-16(19)17-14-8-7-9-15(12-14)18-10-5-3-4-6-11-18/h7-9,12H,2-6,10-11,13H2,1H3,(H,17,19). The quantitative estimate of drug-likeness (QED) is 0.898. The molecule has 0 aliphatic carbocycles. The largest absolute Gasteiger partial charge is 0.372 e. The van der Waals surface area contributed by atoms with Crippen molar-refractivity contribution in [2.45, 2.75) is 32.6 Å². The molecular formula is C16H24N2O2. The van der Waals surface area contributed by atoms with E-state index in [1.165, 1.54) is 31.4 Å². The van der Waals surface area contributed by atoms with E-state index in [2.05, 4.69) is 22.3 Å². The van der Waals surface area contributed by atoms with Gasteiger partial charge in [-0.2, -0.15) is 0 Å². The summed E-state index contributed by atoms with van der Waals surface area (Å²) in [5.41, 5.74) is 2.04. The van der Waals surface area contributed by atoms with Crippen LogP contribution in [-0.4, -0.2) is 32.2 Å². The van der Waals surface area contributed by atoms with Gasteiger partial charge in [0, 0.05) is 31.1 Å². The van der Waals surface area contributed by atoms with Crippen molar-refractivity contribution in [2.24, 2.45) is 0 Å². The Morgan fingerprint density at radius 2 is 2.00 bits per heavy atom. The maximum atomic E-state index is 11.7. The number of ether oxygens (including phenoxy) is 1. The number of carbonyl (C=O) groups is 1. The molecule has 1 aliphatic rings. The Morgan fingerprint density at radius 3 is 2.70 bits per heavy atom. The Balaban J connectivity index is 1.97. The predicted octanol–water partition coefficient (Wildman–Crippen LogP) is 3.04. The molecule has 20 heavy (non-hydrogen) atoms. The molecule has 0 radical (unpaired) electrons. The molecule has 1 aliphatic heterocycles. The third-order valence-electron chi connectivity index (χ3n) is 3.54. The number of carbonyl (C=O) groups excluding carboxylic acids is 1. The second kappa shape index (κ2) is 7.90. The van der Waals surface area contributed by atoms with Gasteiger partial charge in [0.2, 0.25) is 5.91 Å². The van der Waals surface area contributed by atoms with Crippen molar-refractivity contribution in [2.75, 3.05) is 36.5 Å². The summed E-state index contributed by atoms with van der Waals surface area (Å²) in [7, 11) is 0. The zero-order chi connectivity index (χ0) is 14.2. The first-order valence-electron chi connectivity index (χ1n) is 7.52. The van der Waals surface area contributed by atoms with Gasteiger partial charge >= 0.3 is 0 Å². The molecular weight excluding hydrogens is 252 g/mol. The Labute approximate surface area is 121 Å². The molecule has 4 nitrogen and oxygen atoms in total. The van der Waals surface area contributed by atoms with E-state index in [1.54, 1.807) is 0 Å². The maximum Gasteiger partial charge on any atom is 0.250 e. The summed E-state index contributed by atoms with van der Waals surface area (Å²) in [6.45, 7) is 4.77. The van der Waals surface area contributed by atoms with Crippen LogP contribution < -0.4 is 10.2 Å². The number of rotatable bonds is 5. The third-order valence-corrected chi connectivity index (χ3v) is 3.54. The number of benzene rings is 1. The van der Waals surface area contributed by atoms with Crippen molar-refractivity contribution in [1.29, 1.82) is 0 Å². The van der Waals surface area contributed by atoms with Crippen LogP contribution in [0.25, 0.3) is 0 Å². The second-order valence-electron chi connectivity index (χ2n) is 5.14. The van der Waals surface area contributed by atoms with Crippen LogP contribution in [0.4, 0.5) is 11.4 Å². The van der Waals surface area contributed by atoms with Gasteiger partial charge in [-0.05, 0) is 38.0 Å². The zero-order valence-corrected chi connectivity index (χ0v) is 12.2. The summed E-state index contributed by atoms with van der Waals surface area (Å²) < 4.78 is 5.11. The Bertz CT molecular complexity index is 426. The van der Waals surface area contributed by atoms with Crippen LogP contribution in [0.1, 0.15) is 32.6 Å². The molecule has 1 N–H and O–H groups in total. The van der Waals surface area contributed by atoms with Gasteiger partial charge in [0.05, 0.1) is 0 Å². The molecule has 1 aromatic carbocycles. The first-order chi connectivity index (χ1) is 9.79. The lowest BCUT2D eigenvalue weighted by Crippen LogP contribution is -2.24. The first kappa shape index (κ1) is 14.9. The van der Waals surface area contributed by atoms with Crippen molar-refractivity contribution < 1.29 is 9.53 Å². The van der Waals surface area contributed by atoms with Gasteiger partial charge in [0.25, 0.3) is 0 Å². The van der Waals surface area contributed by atoms with Gasteiger partial charge in [0.15, 0.2) is 0 Å². The SMILES string of the molecule is CCOCC(=O)Nc1cccc(N2CCCCCC2)c1. The van der Waals surface area contributed by atoms with Gasteiger partial charge in [-0.25, -0.2) is 0 Å². The molecule has 0 bridgehead atoms. The Morgan fingerprint density at radius 1 is 1.25 bits per heavy atom. The number of hydrogen-bond donors (Lipinski definition) is 1. The zero-order valence-electron chi connectivity index (χ0n) is 12.2. The number of nitrogens with zero attached hydrogens (tertiary/aromatic N) is 1. The summed E-state index contributed by atoms with van der Waals surface area (Å²) in [6.07, 6.45) is 5.14. The summed E-state index contributed by atoms with van der Waals surface area (Å²) in [6, 6.07) is 8.08. The molecule has 2 rings (SSSR count). The highest BCUT2D eigenvalue weighted by Gasteiger charge is 2.10. The lowest BCUT2D eigenvalue weighted by atomic mass is 10.2. The molecule has 1 saturated heterocycles. The average Bonchev–Trinajstić information content (AvgIpc) is 2.74. The lowest BCUT2D eigenvalue weighted by Gasteiger charge is -2.23. The predicted molar refractivity (Wildman–Crippen MR) is 82.2 cm³/mol. The Hall–Kier alpha value is -1.55. The normalized spacial score (nSPS) is 15.8. The second-order valence-corrected chi connectivity index (χ2v) is 5.14. The van der Waals surface area contributed by atoms with Gasteiger partial charge in [-0.1, -0.05) is 18.9 Å². The van der Waals surface area contributed by atoms with E-state index in [-0.39, 0.29) is 12.5 Å². The number of nitrogens with one attached hydrogen (secondary N) is 1. The van der Waals surface area contributed by atoms with Crippen LogP contribution in [0.2, 0.25) is 0 Å². The molecule has 1 amide bonds. The molecule has 110 valence electrons. The van der Waals surface area contributed by atoms with Crippen LogP contribution >= 0.6 is 0 Å². The van der Waals surface area contributed by atoms with Gasteiger partial charge in [-0.15, -0.1) is 0 Å². The summed E-state index contributed by atoms with van der Waals surface area (Å²) in [4.78, 5) is 14.1. The molecule has 0 spiro atoms. The maximum absolute atomic E-state index is 11.7. The number of amides is 1. The number of hydrogen-bond acceptors (Lipinski definition) is 3. The van der Waals surface area contributed by atoms with Crippen LogP contribution in [0, 0.1) is 0 Å². The van der Waals surface area contributed by atoms with Crippen LogP contribution in [0.5, 0.6) is 0 Å². The first-order valence-corrected chi connectivity index (χ1v) is 7.52. The minimum Gasteiger partial charge on any atom is -0.372 e. The van der Waals surface area contributed by atoms with Gasteiger partial charge < -0.3 is 15.0 Å². The molecule has 0 atom stereocenters. The highest BCUT2D eigenvalue weighted by molar-refractivity contribution is 5.92. The van der Waals surface area contributed by atoms with Gasteiger partial charge in [-0.3, -0.25) is 4.79 Å². The van der Waals surface area contributed by atoms with Crippen molar-refractivity contribution in [3.8, 4) is 0 Å². The fourth-order valence-corrected chi connectivity index (χ4v) is 2.50. The van der Waals surface area contributed by atoms with E-state index in [0.717, 1.165) is 18.8 Å². The van der Waals surface area contributed by atoms with E-state index in [1.807, 2.05) is 19.1 Å². The third kappa shape index (κ3) is 4.53. The highest BCUT2D eigenvalue weighted by atomic mass is 16.5. The van der Waals surface area contributed by atoms with Crippen molar-refractivity contribution in [3.05, 3.63) is 24.3 Å². The summed E-state index contributed by atoms with van der Waals surface area (Å²) in [5, 5.41) is 2.88. The summed E-state index contributed by atoms with van der Waals surface area (Å²) >= 11 is 0. The van der Waals surface area contributed by atoms with Crippen LogP contribution in [0.15, 0.2) is 24.3 Å². The number of anilines is 2. The molecule has 1 heterocycles. The van der Waals surface area contributed by atoms with E-state index in [9.17, 15) is 4.79 Å². The highest BCUT2D eigenvalue weighted by Crippen LogP contribution is 2.22. The Kier molecular flexibility index (Phi) is 5.87. The van der Waals surface area contributed by atoms with E-state index in [0.29, 0.717) is 6.61 Å². The molecule has 0 unspecified atom stereocenters. The lowest BCUT2D eigenvalue weighted by molar-refractivity contribution is -0.120. The molecule has 1 fully saturated rings. The fourth-order valence-electron chi connectivity index (χ4n) is 2.50. The smallest absolute Gasteiger partial charge is 0.250 e. The van der Waals surface area contributed by atoms with E-state index in [4.69, 9.17) is 4.74 Å². The average molecular weight is 276 g/mol. The minimum atomic E-state index is -0.0973. The molecule has 0 aromatic heterocycles. The van der Waals surface area contributed by atoms with Crippen molar-refractivity contribution >= 4 is 17.3 Å². The van der Waals surface area contributed by atoms with Crippen LogP contribution in [-0.2, 0) is 9.53 Å². The molecule has 1 aromatic rings. The van der Waals surface area contributed by atoms with Gasteiger partial charge in [0.1, 0.15) is 6.61 Å². The molecule has 0 saturated carbocycles.